The average molecular weight is 235 g/mol. The Morgan fingerprint density at radius 1 is 1.12 bits per heavy atom. The number of aryl methyl sites for hydroxylation is 1. The highest BCUT2D eigenvalue weighted by atomic mass is 15.0. The van der Waals surface area contributed by atoms with Gasteiger partial charge in [0.25, 0.3) is 0 Å². The minimum absolute atomic E-state index is 0.373. The maximum absolute atomic E-state index is 4.54. The van der Waals surface area contributed by atoms with E-state index in [4.69, 9.17) is 0 Å². The Bertz CT molecular complexity index is 358. The van der Waals surface area contributed by atoms with Gasteiger partial charge in [-0.1, -0.05) is 34.6 Å². The Kier molecular flexibility index (Phi) is 4.91. The summed E-state index contributed by atoms with van der Waals surface area (Å²) >= 11 is 0. The van der Waals surface area contributed by atoms with Crippen molar-refractivity contribution >= 4 is 5.82 Å². The molecule has 0 radical (unpaired) electrons. The van der Waals surface area contributed by atoms with Crippen LogP contribution in [0.1, 0.15) is 52.1 Å². The molecule has 3 nitrogen and oxygen atoms in total. The first-order chi connectivity index (χ1) is 7.90. The van der Waals surface area contributed by atoms with Gasteiger partial charge in [-0.05, 0) is 18.8 Å². The predicted octanol–water partition coefficient (Wildman–Crippen LogP) is 3.61. The number of rotatable bonds is 5. The Balaban J connectivity index is 2.71. The second kappa shape index (κ2) is 5.99. The third-order valence-electron chi connectivity index (χ3n) is 3.13. The molecular formula is C14H25N3. The molecule has 1 aromatic rings. The molecule has 0 aliphatic heterocycles. The molecule has 0 fully saturated rings. The molecule has 17 heavy (non-hydrogen) atoms. The molecular weight excluding hydrogens is 210 g/mol. The topological polar surface area (TPSA) is 37.8 Å². The predicted molar refractivity (Wildman–Crippen MR) is 73.3 cm³/mol. The van der Waals surface area contributed by atoms with Crippen LogP contribution in [0, 0.1) is 18.8 Å². The van der Waals surface area contributed by atoms with Gasteiger partial charge in [0.05, 0.1) is 0 Å². The van der Waals surface area contributed by atoms with Crippen LogP contribution in [-0.2, 0) is 0 Å². The molecule has 1 unspecified atom stereocenters. The summed E-state index contributed by atoms with van der Waals surface area (Å²) in [5, 5.41) is 3.41. The van der Waals surface area contributed by atoms with Crippen molar-refractivity contribution < 1.29 is 0 Å². The average Bonchev–Trinajstić information content (AvgIpc) is 2.24. The van der Waals surface area contributed by atoms with Gasteiger partial charge in [-0.3, -0.25) is 0 Å². The molecule has 1 heterocycles. The van der Waals surface area contributed by atoms with Crippen molar-refractivity contribution in [2.24, 2.45) is 11.8 Å². The maximum atomic E-state index is 4.54. The lowest BCUT2D eigenvalue weighted by atomic mass is 9.98. The molecule has 0 saturated heterocycles. The molecule has 1 atom stereocenters. The normalized spacial score (nSPS) is 13.2. The zero-order chi connectivity index (χ0) is 13.0. The van der Waals surface area contributed by atoms with Gasteiger partial charge in [-0.2, -0.15) is 0 Å². The standard InChI is InChI=1S/C14H25N3/c1-9(2)11(5)8-15-13-7-12(6)16-14(17-13)10(3)4/h7,9-11H,8H2,1-6H3,(H,15,16,17). The van der Waals surface area contributed by atoms with Crippen LogP contribution >= 0.6 is 0 Å². The minimum Gasteiger partial charge on any atom is -0.370 e. The summed E-state index contributed by atoms with van der Waals surface area (Å²) in [6.45, 7) is 14.0. The molecule has 96 valence electrons. The Labute approximate surface area is 105 Å². The van der Waals surface area contributed by atoms with E-state index in [9.17, 15) is 0 Å². The maximum Gasteiger partial charge on any atom is 0.133 e. The zero-order valence-electron chi connectivity index (χ0n) is 11.9. The lowest BCUT2D eigenvalue weighted by Gasteiger charge is -2.17. The minimum atomic E-state index is 0.373. The van der Waals surface area contributed by atoms with Gasteiger partial charge in [0.2, 0.25) is 0 Å². The highest BCUT2D eigenvalue weighted by Gasteiger charge is 2.09. The summed E-state index contributed by atoms with van der Waals surface area (Å²) in [6.07, 6.45) is 0. The highest BCUT2D eigenvalue weighted by Crippen LogP contribution is 2.15. The second-order valence-electron chi connectivity index (χ2n) is 5.51. The molecule has 0 aliphatic rings. The molecule has 0 aromatic carbocycles. The summed E-state index contributed by atoms with van der Waals surface area (Å²) < 4.78 is 0. The van der Waals surface area contributed by atoms with Gasteiger partial charge in [-0.15, -0.1) is 0 Å². The number of aromatic nitrogens is 2. The fourth-order valence-corrected chi connectivity index (χ4v) is 1.44. The van der Waals surface area contributed by atoms with Crippen LogP contribution in [-0.4, -0.2) is 16.5 Å². The first-order valence-corrected chi connectivity index (χ1v) is 6.49. The fourth-order valence-electron chi connectivity index (χ4n) is 1.44. The van der Waals surface area contributed by atoms with Gasteiger partial charge in [0.15, 0.2) is 0 Å². The van der Waals surface area contributed by atoms with E-state index in [-0.39, 0.29) is 0 Å². The third kappa shape index (κ3) is 4.33. The number of hydrogen-bond donors (Lipinski definition) is 1. The van der Waals surface area contributed by atoms with Crippen LogP contribution in [0.25, 0.3) is 0 Å². The van der Waals surface area contributed by atoms with Crippen LogP contribution in [0.2, 0.25) is 0 Å². The summed E-state index contributed by atoms with van der Waals surface area (Å²) in [4.78, 5) is 8.99. The third-order valence-corrected chi connectivity index (χ3v) is 3.13. The molecule has 3 heteroatoms. The summed E-state index contributed by atoms with van der Waals surface area (Å²) in [6, 6.07) is 2.01. The van der Waals surface area contributed by atoms with Crippen LogP contribution in [0.4, 0.5) is 5.82 Å². The molecule has 0 aliphatic carbocycles. The second-order valence-corrected chi connectivity index (χ2v) is 5.51. The van der Waals surface area contributed by atoms with Crippen molar-refractivity contribution in [3.63, 3.8) is 0 Å². The fraction of sp³-hybridized carbons (Fsp3) is 0.714. The van der Waals surface area contributed by atoms with Crippen molar-refractivity contribution in [3.8, 4) is 0 Å². The number of hydrogen-bond acceptors (Lipinski definition) is 3. The Hall–Kier alpha value is -1.12. The van der Waals surface area contributed by atoms with Crippen molar-refractivity contribution in [2.45, 2.75) is 47.5 Å². The summed E-state index contributed by atoms with van der Waals surface area (Å²) in [5.74, 6) is 3.58. The smallest absolute Gasteiger partial charge is 0.133 e. The number of nitrogens with one attached hydrogen (secondary N) is 1. The number of nitrogens with zero attached hydrogens (tertiary/aromatic N) is 2. The lowest BCUT2D eigenvalue weighted by Crippen LogP contribution is -2.17. The molecule has 1 aromatic heterocycles. The van der Waals surface area contributed by atoms with E-state index < -0.39 is 0 Å². The molecule has 0 saturated carbocycles. The van der Waals surface area contributed by atoms with E-state index in [1.807, 2.05) is 13.0 Å². The quantitative estimate of drug-likeness (QED) is 0.847. The molecule has 1 N–H and O–H groups in total. The Morgan fingerprint density at radius 3 is 2.29 bits per heavy atom. The summed E-state index contributed by atoms with van der Waals surface area (Å²) in [5.41, 5.74) is 1.03. The van der Waals surface area contributed by atoms with E-state index in [1.165, 1.54) is 0 Å². The molecule has 0 amide bonds. The number of anilines is 1. The van der Waals surface area contributed by atoms with Crippen LogP contribution in [0.15, 0.2) is 6.07 Å². The van der Waals surface area contributed by atoms with Gasteiger partial charge in [0.1, 0.15) is 11.6 Å². The van der Waals surface area contributed by atoms with Gasteiger partial charge in [0, 0.05) is 24.2 Å². The van der Waals surface area contributed by atoms with Crippen molar-refractivity contribution in [1.82, 2.24) is 9.97 Å². The molecule has 0 bridgehead atoms. The van der Waals surface area contributed by atoms with Crippen molar-refractivity contribution in [1.29, 1.82) is 0 Å². The van der Waals surface area contributed by atoms with Gasteiger partial charge in [-0.25, -0.2) is 9.97 Å². The molecule has 1 rings (SSSR count). The van der Waals surface area contributed by atoms with E-state index in [1.54, 1.807) is 0 Å². The monoisotopic (exact) mass is 235 g/mol. The van der Waals surface area contributed by atoms with Crippen molar-refractivity contribution in [3.05, 3.63) is 17.6 Å². The first-order valence-electron chi connectivity index (χ1n) is 6.49. The lowest BCUT2D eigenvalue weighted by molar-refractivity contribution is 0.439. The largest absolute Gasteiger partial charge is 0.370 e. The van der Waals surface area contributed by atoms with Crippen molar-refractivity contribution in [2.75, 3.05) is 11.9 Å². The van der Waals surface area contributed by atoms with E-state index >= 15 is 0 Å². The molecule has 0 spiro atoms. The first kappa shape index (κ1) is 13.9. The van der Waals surface area contributed by atoms with Crippen LogP contribution in [0.3, 0.4) is 0 Å². The van der Waals surface area contributed by atoms with Crippen LogP contribution in [0.5, 0.6) is 0 Å². The van der Waals surface area contributed by atoms with E-state index in [0.717, 1.165) is 23.9 Å². The van der Waals surface area contributed by atoms with Crippen LogP contribution < -0.4 is 5.32 Å². The van der Waals surface area contributed by atoms with E-state index in [2.05, 4.69) is 49.9 Å². The highest BCUT2D eigenvalue weighted by molar-refractivity contribution is 5.36. The zero-order valence-corrected chi connectivity index (χ0v) is 11.9. The van der Waals surface area contributed by atoms with Gasteiger partial charge < -0.3 is 5.32 Å². The SMILES string of the molecule is Cc1cc(NCC(C)C(C)C)nc(C(C)C)n1. The van der Waals surface area contributed by atoms with Gasteiger partial charge >= 0.3 is 0 Å². The summed E-state index contributed by atoms with van der Waals surface area (Å²) in [7, 11) is 0. The Morgan fingerprint density at radius 2 is 1.76 bits per heavy atom. The van der Waals surface area contributed by atoms with E-state index in [0.29, 0.717) is 17.8 Å².